The van der Waals surface area contributed by atoms with Gasteiger partial charge in [-0.15, -0.1) is 0 Å². The van der Waals surface area contributed by atoms with Crippen LogP contribution in [0.15, 0.2) is 17.1 Å². The summed E-state index contributed by atoms with van der Waals surface area (Å²) >= 11 is 0. The van der Waals surface area contributed by atoms with E-state index in [2.05, 4.69) is 10.4 Å². The van der Waals surface area contributed by atoms with Crippen molar-refractivity contribution in [2.75, 3.05) is 19.3 Å². The summed E-state index contributed by atoms with van der Waals surface area (Å²) in [6, 6.07) is 0.0141. The SMILES string of the molecule is CC(C)Cn1c(=O)c(C(=O)NC2CC2)c(O)n2ncc(/C=C/C(=O)N3CCC(S(C)(=O)=O)CC3)c12. The van der Waals surface area contributed by atoms with E-state index in [0.29, 0.717) is 31.5 Å². The van der Waals surface area contributed by atoms with Crippen LogP contribution >= 0.6 is 0 Å². The third-order valence-electron chi connectivity index (χ3n) is 6.36. The van der Waals surface area contributed by atoms with Crippen molar-refractivity contribution in [2.45, 2.75) is 57.4 Å². The highest BCUT2D eigenvalue weighted by Gasteiger charge is 2.30. The van der Waals surface area contributed by atoms with E-state index in [-0.39, 0.29) is 35.6 Å². The average molecular weight is 506 g/mol. The van der Waals surface area contributed by atoms with Gasteiger partial charge in [0.2, 0.25) is 11.8 Å². The summed E-state index contributed by atoms with van der Waals surface area (Å²) in [5.74, 6) is -1.39. The summed E-state index contributed by atoms with van der Waals surface area (Å²) < 4.78 is 26.1. The second-order valence-corrected chi connectivity index (χ2v) is 12.1. The Labute approximate surface area is 203 Å². The topological polar surface area (TPSA) is 143 Å². The molecule has 2 amide bonds. The third-order valence-corrected chi connectivity index (χ3v) is 8.04. The Morgan fingerprint density at radius 1 is 1.23 bits per heavy atom. The largest absolute Gasteiger partial charge is 0.492 e. The molecule has 0 bridgehead atoms. The number of hydrogen-bond acceptors (Lipinski definition) is 7. The smallest absolute Gasteiger partial charge is 0.270 e. The van der Waals surface area contributed by atoms with Crippen LogP contribution in [0, 0.1) is 5.92 Å². The van der Waals surface area contributed by atoms with E-state index in [1.807, 2.05) is 13.8 Å². The van der Waals surface area contributed by atoms with Crippen LogP contribution in [-0.2, 0) is 21.2 Å². The maximum Gasteiger partial charge on any atom is 0.270 e. The highest BCUT2D eigenvalue weighted by molar-refractivity contribution is 7.91. The van der Waals surface area contributed by atoms with Gasteiger partial charge in [0.1, 0.15) is 15.5 Å². The molecule has 2 N–H and O–H groups in total. The number of carbonyl (C=O) groups excluding carboxylic acids is 2. The molecule has 190 valence electrons. The van der Waals surface area contributed by atoms with Gasteiger partial charge >= 0.3 is 0 Å². The molecule has 1 aliphatic carbocycles. The minimum atomic E-state index is -3.13. The maximum absolute atomic E-state index is 13.3. The first-order chi connectivity index (χ1) is 16.5. The van der Waals surface area contributed by atoms with Crippen LogP contribution in [0.1, 0.15) is 55.5 Å². The zero-order valence-corrected chi connectivity index (χ0v) is 20.9. The van der Waals surface area contributed by atoms with Crippen molar-refractivity contribution in [3.63, 3.8) is 0 Å². The molecule has 2 aromatic rings. The lowest BCUT2D eigenvalue weighted by Gasteiger charge is -2.30. The van der Waals surface area contributed by atoms with Gasteiger partial charge in [-0.25, -0.2) is 8.42 Å². The molecule has 1 saturated heterocycles. The summed E-state index contributed by atoms with van der Waals surface area (Å²) in [6.45, 7) is 4.82. The average Bonchev–Trinajstić information content (AvgIpc) is 3.49. The minimum Gasteiger partial charge on any atom is -0.492 e. The van der Waals surface area contributed by atoms with Crippen molar-refractivity contribution < 1.29 is 23.1 Å². The van der Waals surface area contributed by atoms with Gasteiger partial charge in [0.05, 0.1) is 11.4 Å². The van der Waals surface area contributed by atoms with Crippen LogP contribution in [0.5, 0.6) is 5.88 Å². The number of nitrogens with one attached hydrogen (secondary N) is 1. The monoisotopic (exact) mass is 505 g/mol. The Kier molecular flexibility index (Phi) is 6.76. The number of carbonyl (C=O) groups is 2. The number of rotatable bonds is 7. The fraction of sp³-hybridized carbons (Fsp3) is 0.565. The fourth-order valence-electron chi connectivity index (χ4n) is 4.32. The zero-order valence-electron chi connectivity index (χ0n) is 20.1. The molecular weight excluding hydrogens is 474 g/mol. The fourth-order valence-corrected chi connectivity index (χ4v) is 5.39. The lowest BCUT2D eigenvalue weighted by Crippen LogP contribution is -2.41. The minimum absolute atomic E-state index is 0.0141. The Morgan fingerprint density at radius 3 is 2.46 bits per heavy atom. The third kappa shape index (κ3) is 5.26. The van der Waals surface area contributed by atoms with Crippen molar-refractivity contribution in [3.05, 3.63) is 33.8 Å². The van der Waals surface area contributed by atoms with Crippen LogP contribution in [-0.4, -0.2) is 75.1 Å². The summed E-state index contributed by atoms with van der Waals surface area (Å²) in [6.07, 6.45) is 7.98. The molecule has 2 aromatic heterocycles. The van der Waals surface area contributed by atoms with E-state index in [9.17, 15) is 27.9 Å². The number of hydrogen-bond donors (Lipinski definition) is 2. The Balaban J connectivity index is 1.64. The second kappa shape index (κ2) is 9.48. The quantitative estimate of drug-likeness (QED) is 0.530. The molecule has 2 aliphatic rings. The van der Waals surface area contributed by atoms with Crippen molar-refractivity contribution in [2.24, 2.45) is 5.92 Å². The first-order valence-corrected chi connectivity index (χ1v) is 13.7. The number of likely N-dealkylation sites (tertiary alicyclic amines) is 1. The molecule has 0 atom stereocenters. The second-order valence-electron chi connectivity index (χ2n) is 9.78. The first kappa shape index (κ1) is 25.0. The molecule has 0 radical (unpaired) electrons. The highest BCUT2D eigenvalue weighted by atomic mass is 32.2. The number of piperidine rings is 1. The van der Waals surface area contributed by atoms with Gasteiger partial charge in [0.25, 0.3) is 11.5 Å². The van der Waals surface area contributed by atoms with Gasteiger partial charge < -0.3 is 15.3 Å². The van der Waals surface area contributed by atoms with E-state index < -0.39 is 32.4 Å². The van der Waals surface area contributed by atoms with Crippen LogP contribution in [0.25, 0.3) is 11.7 Å². The lowest BCUT2D eigenvalue weighted by atomic mass is 10.1. The predicted molar refractivity (Wildman–Crippen MR) is 130 cm³/mol. The number of nitrogens with zero attached hydrogens (tertiary/aromatic N) is 4. The number of sulfone groups is 1. The molecule has 0 unspecified atom stereocenters. The van der Waals surface area contributed by atoms with Gasteiger partial charge in [0, 0.05) is 43.6 Å². The molecule has 1 aliphatic heterocycles. The normalized spacial score (nSPS) is 17.5. The molecule has 35 heavy (non-hydrogen) atoms. The van der Waals surface area contributed by atoms with Gasteiger partial charge in [-0.2, -0.15) is 9.61 Å². The number of fused-ring (bicyclic) bond motifs is 1. The van der Waals surface area contributed by atoms with E-state index >= 15 is 0 Å². The molecule has 11 nitrogen and oxygen atoms in total. The van der Waals surface area contributed by atoms with E-state index in [1.54, 1.807) is 4.90 Å². The number of aromatic hydroxyl groups is 1. The maximum atomic E-state index is 13.3. The van der Waals surface area contributed by atoms with E-state index in [4.69, 9.17) is 0 Å². The molecule has 4 rings (SSSR count). The molecular formula is C23H31N5O6S. The summed E-state index contributed by atoms with van der Waals surface area (Å²) in [4.78, 5) is 40.3. The molecule has 0 spiro atoms. The van der Waals surface area contributed by atoms with Crippen molar-refractivity contribution >= 4 is 33.4 Å². The van der Waals surface area contributed by atoms with Gasteiger partial charge in [0.15, 0.2) is 5.56 Å². The van der Waals surface area contributed by atoms with Crippen LogP contribution in [0.4, 0.5) is 0 Å². The van der Waals surface area contributed by atoms with Gasteiger partial charge in [-0.05, 0) is 37.7 Å². The Bertz CT molecular complexity index is 1340. The van der Waals surface area contributed by atoms with E-state index in [1.165, 1.54) is 29.2 Å². The van der Waals surface area contributed by atoms with Crippen LogP contribution < -0.4 is 10.9 Å². The van der Waals surface area contributed by atoms with Crippen molar-refractivity contribution in [1.29, 1.82) is 0 Å². The molecule has 1 saturated carbocycles. The Hall–Kier alpha value is -3.15. The highest BCUT2D eigenvalue weighted by Crippen LogP contribution is 2.24. The molecule has 3 heterocycles. The zero-order chi connectivity index (χ0) is 25.5. The van der Waals surface area contributed by atoms with E-state index in [0.717, 1.165) is 17.4 Å². The van der Waals surface area contributed by atoms with Crippen LogP contribution in [0.2, 0.25) is 0 Å². The first-order valence-electron chi connectivity index (χ1n) is 11.8. The number of aromatic nitrogens is 3. The van der Waals surface area contributed by atoms with Gasteiger partial charge in [-0.3, -0.25) is 19.0 Å². The molecule has 12 heteroatoms. The summed E-state index contributed by atoms with van der Waals surface area (Å²) in [5, 5.41) is 17.2. The summed E-state index contributed by atoms with van der Waals surface area (Å²) in [5.41, 5.74) is -0.254. The van der Waals surface area contributed by atoms with Gasteiger partial charge in [-0.1, -0.05) is 13.8 Å². The Morgan fingerprint density at radius 2 is 1.89 bits per heavy atom. The predicted octanol–water partition coefficient (Wildman–Crippen LogP) is 0.799. The standard InChI is InChI=1S/C23H31N5O6S/c1-14(2)13-27-21-15(4-7-18(29)26-10-8-17(9-11-26)35(3,33)34)12-24-28(21)23(32)19(22(27)31)20(30)25-16-5-6-16/h4,7,12,14,16-17,32H,5-6,8-11,13H2,1-3H3,(H,25,30)/b7-4+. The lowest BCUT2D eigenvalue weighted by molar-refractivity contribution is -0.126. The molecule has 0 aromatic carbocycles. The van der Waals surface area contributed by atoms with Crippen molar-refractivity contribution in [1.82, 2.24) is 24.4 Å². The summed E-state index contributed by atoms with van der Waals surface area (Å²) in [7, 11) is -3.13. The van der Waals surface area contributed by atoms with Crippen LogP contribution in [0.3, 0.4) is 0 Å². The van der Waals surface area contributed by atoms with Crippen molar-refractivity contribution in [3.8, 4) is 5.88 Å². The molecule has 2 fully saturated rings. The number of amides is 2.